The molecule has 2 atom stereocenters. The summed E-state index contributed by atoms with van der Waals surface area (Å²) in [6.45, 7) is 2.10. The van der Waals surface area contributed by atoms with Crippen molar-refractivity contribution < 1.29 is 19.2 Å². The summed E-state index contributed by atoms with van der Waals surface area (Å²) in [5, 5.41) is 16.9. The number of pyridine rings is 1. The molecule has 3 aromatic rings. The van der Waals surface area contributed by atoms with Crippen molar-refractivity contribution in [2.24, 2.45) is 0 Å². The smallest absolute Gasteiger partial charge is 0.253 e. The van der Waals surface area contributed by atoms with Gasteiger partial charge in [-0.25, -0.2) is 4.98 Å². The molecule has 1 saturated carbocycles. The van der Waals surface area contributed by atoms with Crippen LogP contribution in [0.25, 0.3) is 11.3 Å². The first-order valence-corrected chi connectivity index (χ1v) is 9.70. The summed E-state index contributed by atoms with van der Waals surface area (Å²) in [6, 6.07) is 12.9. The first kappa shape index (κ1) is 19.1. The number of amides is 1. The predicted octanol–water partition coefficient (Wildman–Crippen LogP) is 3.27. The third-order valence-corrected chi connectivity index (χ3v) is 5.19. The molecule has 4 rings (SSSR count). The van der Waals surface area contributed by atoms with Crippen LogP contribution in [0.15, 0.2) is 53.2 Å². The summed E-state index contributed by atoms with van der Waals surface area (Å²) in [5.41, 5.74) is 2.99. The normalized spacial score (nSPS) is 18.6. The van der Waals surface area contributed by atoms with E-state index >= 15 is 0 Å². The van der Waals surface area contributed by atoms with E-state index in [-0.39, 0.29) is 18.6 Å². The standard InChI is InChI=1S/C22H23N3O4/c1-14-17(21(25-29-14)15-6-3-2-4-7-15)13-28-20-11-10-16(12-23-20)22(27)24-18-8-5-9-19(18)26/h2-4,6-7,10-12,18-19,26H,5,8-9,13H2,1H3,(H,24,27)/t18-,19-/m0/s1. The number of aryl methyl sites for hydroxylation is 1. The average Bonchev–Trinajstić information content (AvgIpc) is 3.32. The number of hydrogen-bond acceptors (Lipinski definition) is 6. The van der Waals surface area contributed by atoms with Crippen molar-refractivity contribution >= 4 is 5.91 Å². The van der Waals surface area contributed by atoms with E-state index in [1.807, 2.05) is 37.3 Å². The van der Waals surface area contributed by atoms with Crippen LogP contribution in [0.2, 0.25) is 0 Å². The Balaban J connectivity index is 1.40. The molecule has 7 nitrogen and oxygen atoms in total. The molecule has 0 saturated heterocycles. The number of carbonyl (C=O) groups excluding carboxylic acids is 1. The number of nitrogens with zero attached hydrogens (tertiary/aromatic N) is 2. The third-order valence-electron chi connectivity index (χ3n) is 5.19. The highest BCUT2D eigenvalue weighted by molar-refractivity contribution is 5.94. The second kappa shape index (κ2) is 8.45. The molecular formula is C22H23N3O4. The number of benzene rings is 1. The van der Waals surface area contributed by atoms with Gasteiger partial charge in [-0.1, -0.05) is 35.5 Å². The molecule has 0 unspecified atom stereocenters. The lowest BCUT2D eigenvalue weighted by molar-refractivity contribution is 0.0873. The first-order chi connectivity index (χ1) is 14.1. The van der Waals surface area contributed by atoms with Crippen LogP contribution < -0.4 is 10.1 Å². The number of aliphatic hydroxyl groups is 1. The number of aromatic nitrogens is 2. The molecule has 1 aliphatic rings. The molecule has 1 aliphatic carbocycles. The molecule has 0 radical (unpaired) electrons. The molecule has 1 fully saturated rings. The molecule has 1 amide bonds. The fraction of sp³-hybridized carbons (Fsp3) is 0.318. The second-order valence-corrected chi connectivity index (χ2v) is 7.18. The van der Waals surface area contributed by atoms with Gasteiger partial charge in [-0.05, 0) is 32.3 Å². The SMILES string of the molecule is Cc1onc(-c2ccccc2)c1COc1ccc(C(=O)N[C@H]2CCC[C@@H]2O)cn1. The molecule has 29 heavy (non-hydrogen) atoms. The Morgan fingerprint density at radius 1 is 1.24 bits per heavy atom. The minimum absolute atomic E-state index is 0.189. The molecule has 0 aliphatic heterocycles. The van der Waals surface area contributed by atoms with Crippen molar-refractivity contribution in [1.82, 2.24) is 15.5 Å². The van der Waals surface area contributed by atoms with Gasteiger partial charge in [0.25, 0.3) is 5.91 Å². The minimum Gasteiger partial charge on any atom is -0.473 e. The Morgan fingerprint density at radius 3 is 2.76 bits per heavy atom. The van der Waals surface area contributed by atoms with Gasteiger partial charge in [-0.3, -0.25) is 4.79 Å². The van der Waals surface area contributed by atoms with Gasteiger partial charge in [0.2, 0.25) is 5.88 Å². The quantitative estimate of drug-likeness (QED) is 0.667. The van der Waals surface area contributed by atoms with Crippen LogP contribution in [0, 0.1) is 6.92 Å². The van der Waals surface area contributed by atoms with Crippen molar-refractivity contribution in [2.75, 3.05) is 0 Å². The van der Waals surface area contributed by atoms with Crippen LogP contribution in [0.3, 0.4) is 0 Å². The van der Waals surface area contributed by atoms with Crippen LogP contribution in [0.5, 0.6) is 5.88 Å². The number of carbonyl (C=O) groups is 1. The zero-order valence-corrected chi connectivity index (χ0v) is 16.2. The number of ether oxygens (including phenoxy) is 1. The van der Waals surface area contributed by atoms with Crippen molar-refractivity contribution in [3.63, 3.8) is 0 Å². The van der Waals surface area contributed by atoms with E-state index in [1.54, 1.807) is 12.1 Å². The summed E-state index contributed by atoms with van der Waals surface area (Å²) in [6.07, 6.45) is 3.45. The van der Waals surface area contributed by atoms with Crippen molar-refractivity contribution in [3.8, 4) is 17.1 Å². The number of aliphatic hydroxyl groups excluding tert-OH is 1. The van der Waals surface area contributed by atoms with Crippen LogP contribution in [0.1, 0.15) is 40.9 Å². The highest BCUT2D eigenvalue weighted by Gasteiger charge is 2.26. The summed E-state index contributed by atoms with van der Waals surface area (Å²) >= 11 is 0. The predicted molar refractivity (Wildman–Crippen MR) is 106 cm³/mol. The summed E-state index contributed by atoms with van der Waals surface area (Å²) in [5.74, 6) is 0.855. The van der Waals surface area contributed by atoms with E-state index in [2.05, 4.69) is 15.5 Å². The zero-order valence-electron chi connectivity index (χ0n) is 16.2. The highest BCUT2D eigenvalue weighted by atomic mass is 16.5. The van der Waals surface area contributed by atoms with E-state index in [4.69, 9.17) is 9.26 Å². The number of nitrogens with one attached hydrogen (secondary N) is 1. The summed E-state index contributed by atoms with van der Waals surface area (Å²) in [7, 11) is 0. The fourth-order valence-corrected chi connectivity index (χ4v) is 3.49. The van der Waals surface area contributed by atoms with E-state index in [0.717, 1.165) is 36.1 Å². The van der Waals surface area contributed by atoms with Crippen molar-refractivity contribution in [2.45, 2.75) is 44.9 Å². The van der Waals surface area contributed by atoms with E-state index in [1.165, 1.54) is 6.20 Å². The number of hydrogen-bond donors (Lipinski definition) is 2. The van der Waals surface area contributed by atoms with Crippen LogP contribution >= 0.6 is 0 Å². The maximum atomic E-state index is 12.3. The lowest BCUT2D eigenvalue weighted by Gasteiger charge is -2.16. The molecule has 1 aromatic carbocycles. The first-order valence-electron chi connectivity index (χ1n) is 9.70. The van der Waals surface area contributed by atoms with Gasteiger partial charge < -0.3 is 19.7 Å². The number of rotatable bonds is 6. The van der Waals surface area contributed by atoms with Gasteiger partial charge >= 0.3 is 0 Å². The summed E-state index contributed by atoms with van der Waals surface area (Å²) < 4.78 is 11.1. The van der Waals surface area contributed by atoms with Crippen LogP contribution in [-0.4, -0.2) is 33.3 Å². The molecule has 2 N–H and O–H groups in total. The maximum Gasteiger partial charge on any atom is 0.253 e. The van der Waals surface area contributed by atoms with Crippen LogP contribution in [0.4, 0.5) is 0 Å². The lowest BCUT2D eigenvalue weighted by Crippen LogP contribution is -2.39. The van der Waals surface area contributed by atoms with E-state index in [0.29, 0.717) is 17.2 Å². The third kappa shape index (κ3) is 4.30. The molecule has 2 aromatic heterocycles. The average molecular weight is 393 g/mol. The monoisotopic (exact) mass is 393 g/mol. The van der Waals surface area contributed by atoms with Gasteiger partial charge in [-0.15, -0.1) is 0 Å². The van der Waals surface area contributed by atoms with Crippen molar-refractivity contribution in [1.29, 1.82) is 0 Å². The minimum atomic E-state index is -0.472. The molecule has 0 spiro atoms. The van der Waals surface area contributed by atoms with Gasteiger partial charge in [0.15, 0.2) is 0 Å². The lowest BCUT2D eigenvalue weighted by atomic mass is 10.1. The Kier molecular flexibility index (Phi) is 5.57. The largest absolute Gasteiger partial charge is 0.473 e. The summed E-state index contributed by atoms with van der Waals surface area (Å²) in [4.78, 5) is 16.6. The Morgan fingerprint density at radius 2 is 2.07 bits per heavy atom. The fourth-order valence-electron chi connectivity index (χ4n) is 3.49. The second-order valence-electron chi connectivity index (χ2n) is 7.18. The van der Waals surface area contributed by atoms with E-state index < -0.39 is 6.10 Å². The van der Waals surface area contributed by atoms with Crippen molar-refractivity contribution in [3.05, 3.63) is 65.5 Å². The van der Waals surface area contributed by atoms with Gasteiger partial charge in [-0.2, -0.15) is 0 Å². The maximum absolute atomic E-state index is 12.3. The molecule has 2 heterocycles. The van der Waals surface area contributed by atoms with Gasteiger partial charge in [0.1, 0.15) is 18.1 Å². The van der Waals surface area contributed by atoms with Crippen LogP contribution in [-0.2, 0) is 6.61 Å². The Labute approximate surface area is 168 Å². The molecular weight excluding hydrogens is 370 g/mol. The topological polar surface area (TPSA) is 97.5 Å². The van der Waals surface area contributed by atoms with Gasteiger partial charge in [0, 0.05) is 17.8 Å². The highest BCUT2D eigenvalue weighted by Crippen LogP contribution is 2.26. The van der Waals surface area contributed by atoms with Gasteiger partial charge in [0.05, 0.1) is 23.3 Å². The molecule has 0 bridgehead atoms. The zero-order chi connectivity index (χ0) is 20.2. The molecule has 7 heteroatoms. The Bertz CT molecular complexity index is 969. The molecule has 150 valence electrons. The Hall–Kier alpha value is -3.19. The van der Waals surface area contributed by atoms with E-state index in [9.17, 15) is 9.90 Å².